The minimum Gasteiger partial charge on any atom is -0.456 e. The number of hydrogen-bond acceptors (Lipinski definition) is 2. The molecule has 1 amide bonds. The highest BCUT2D eigenvalue weighted by Gasteiger charge is 2.30. The molecule has 1 aromatic heterocycles. The zero-order valence-electron chi connectivity index (χ0n) is 13.3. The van der Waals surface area contributed by atoms with Gasteiger partial charge in [-0.05, 0) is 42.5 Å². The van der Waals surface area contributed by atoms with E-state index in [4.69, 9.17) is 4.42 Å². The van der Waals surface area contributed by atoms with Gasteiger partial charge in [-0.2, -0.15) is 13.2 Å². The van der Waals surface area contributed by atoms with Crippen LogP contribution in [0.3, 0.4) is 0 Å². The first kappa shape index (κ1) is 16.2. The molecule has 4 rings (SSSR count). The van der Waals surface area contributed by atoms with Crippen molar-refractivity contribution in [3.05, 3.63) is 77.9 Å². The van der Waals surface area contributed by atoms with Crippen LogP contribution in [0.4, 0.5) is 18.9 Å². The molecule has 0 aliphatic rings. The van der Waals surface area contributed by atoms with E-state index in [2.05, 4.69) is 5.32 Å². The molecular weight excluding hydrogens is 343 g/mol. The van der Waals surface area contributed by atoms with E-state index in [0.717, 1.165) is 28.5 Å². The number of carbonyl (C=O) groups excluding carboxylic acids is 1. The number of furan rings is 1. The zero-order valence-corrected chi connectivity index (χ0v) is 13.3. The van der Waals surface area contributed by atoms with E-state index in [1.165, 1.54) is 12.1 Å². The molecule has 0 aliphatic carbocycles. The van der Waals surface area contributed by atoms with Crippen LogP contribution in [-0.2, 0) is 6.18 Å². The molecule has 0 radical (unpaired) electrons. The lowest BCUT2D eigenvalue weighted by molar-refractivity contribution is -0.137. The number of carbonyl (C=O) groups is 1. The van der Waals surface area contributed by atoms with E-state index in [0.29, 0.717) is 11.3 Å². The van der Waals surface area contributed by atoms with Crippen molar-refractivity contribution in [1.29, 1.82) is 0 Å². The molecule has 0 atom stereocenters. The first-order valence-corrected chi connectivity index (χ1v) is 7.82. The van der Waals surface area contributed by atoms with Crippen molar-refractivity contribution in [3.8, 4) is 0 Å². The zero-order chi connectivity index (χ0) is 18.3. The average Bonchev–Trinajstić information content (AvgIpc) is 2.99. The molecule has 0 saturated carbocycles. The highest BCUT2D eigenvalue weighted by atomic mass is 19.4. The predicted molar refractivity (Wildman–Crippen MR) is 93.1 cm³/mol. The number of anilines is 1. The minimum absolute atomic E-state index is 0.0584. The summed E-state index contributed by atoms with van der Waals surface area (Å²) in [7, 11) is 0. The number of nitrogens with one attached hydrogen (secondary N) is 1. The van der Waals surface area contributed by atoms with Gasteiger partial charge in [-0.1, -0.05) is 24.3 Å². The SMILES string of the molecule is O=C(Nc1ccc2oc3ccccc3c2c1)c1cccc(C(F)(F)F)c1. The molecule has 0 unspecified atom stereocenters. The van der Waals surface area contributed by atoms with Gasteiger partial charge in [0.2, 0.25) is 0 Å². The number of hydrogen-bond donors (Lipinski definition) is 1. The summed E-state index contributed by atoms with van der Waals surface area (Å²) in [4.78, 5) is 12.3. The number of rotatable bonds is 2. The first-order chi connectivity index (χ1) is 12.4. The van der Waals surface area contributed by atoms with Crippen molar-refractivity contribution >= 4 is 33.5 Å². The van der Waals surface area contributed by atoms with Crippen LogP contribution in [0.5, 0.6) is 0 Å². The lowest BCUT2D eigenvalue weighted by atomic mass is 10.1. The van der Waals surface area contributed by atoms with Gasteiger partial charge in [0.1, 0.15) is 11.2 Å². The Balaban J connectivity index is 1.66. The Morgan fingerprint density at radius 1 is 0.846 bits per heavy atom. The van der Waals surface area contributed by atoms with Gasteiger partial charge in [-0.25, -0.2) is 0 Å². The fraction of sp³-hybridized carbons (Fsp3) is 0.0500. The van der Waals surface area contributed by atoms with Gasteiger partial charge in [0.25, 0.3) is 5.91 Å². The summed E-state index contributed by atoms with van der Waals surface area (Å²) in [5.41, 5.74) is 0.956. The number of amides is 1. The fourth-order valence-electron chi connectivity index (χ4n) is 2.84. The molecule has 4 aromatic rings. The van der Waals surface area contributed by atoms with E-state index >= 15 is 0 Å². The maximum atomic E-state index is 12.8. The van der Waals surface area contributed by atoms with Crippen LogP contribution in [0, 0.1) is 0 Å². The molecule has 0 spiro atoms. The molecular formula is C20H12F3NO2. The summed E-state index contributed by atoms with van der Waals surface area (Å²) in [6.45, 7) is 0. The molecule has 0 saturated heterocycles. The normalized spacial score (nSPS) is 11.8. The summed E-state index contributed by atoms with van der Waals surface area (Å²) in [5, 5.41) is 4.36. The Kier molecular flexibility index (Phi) is 3.68. The van der Waals surface area contributed by atoms with Crippen molar-refractivity contribution in [2.45, 2.75) is 6.18 Å². The lowest BCUT2D eigenvalue weighted by Crippen LogP contribution is -2.13. The third-order valence-corrected chi connectivity index (χ3v) is 4.09. The van der Waals surface area contributed by atoms with Gasteiger partial charge < -0.3 is 9.73 Å². The Bertz CT molecular complexity index is 1130. The topological polar surface area (TPSA) is 42.2 Å². The molecule has 3 nitrogen and oxygen atoms in total. The van der Waals surface area contributed by atoms with Gasteiger partial charge in [0.15, 0.2) is 0 Å². The molecule has 3 aromatic carbocycles. The largest absolute Gasteiger partial charge is 0.456 e. The highest BCUT2D eigenvalue weighted by Crippen LogP contribution is 2.31. The van der Waals surface area contributed by atoms with Crippen molar-refractivity contribution < 1.29 is 22.4 Å². The maximum absolute atomic E-state index is 12.8. The Hall–Kier alpha value is -3.28. The van der Waals surface area contributed by atoms with E-state index in [1.54, 1.807) is 18.2 Å². The van der Waals surface area contributed by atoms with Crippen molar-refractivity contribution in [1.82, 2.24) is 0 Å². The van der Waals surface area contributed by atoms with Gasteiger partial charge in [-0.15, -0.1) is 0 Å². The first-order valence-electron chi connectivity index (χ1n) is 7.82. The molecule has 26 heavy (non-hydrogen) atoms. The molecule has 0 fully saturated rings. The number of alkyl halides is 3. The minimum atomic E-state index is -4.50. The van der Waals surface area contributed by atoms with Gasteiger partial charge in [0.05, 0.1) is 5.56 Å². The second-order valence-corrected chi connectivity index (χ2v) is 5.84. The van der Waals surface area contributed by atoms with E-state index in [-0.39, 0.29) is 5.56 Å². The summed E-state index contributed by atoms with van der Waals surface area (Å²) >= 11 is 0. The van der Waals surface area contributed by atoms with Gasteiger partial charge >= 0.3 is 6.18 Å². The smallest absolute Gasteiger partial charge is 0.416 e. The second kappa shape index (κ2) is 5.91. The highest BCUT2D eigenvalue weighted by molar-refractivity contribution is 6.09. The maximum Gasteiger partial charge on any atom is 0.416 e. The monoisotopic (exact) mass is 355 g/mol. The summed E-state index contributed by atoms with van der Waals surface area (Å²) in [6, 6.07) is 16.9. The lowest BCUT2D eigenvalue weighted by Gasteiger charge is -2.09. The standard InChI is InChI=1S/C20H12F3NO2/c21-20(22,23)13-5-3-4-12(10-13)19(25)24-14-8-9-18-16(11-14)15-6-1-2-7-17(15)26-18/h1-11H,(H,24,25). The number of para-hydroxylation sites is 1. The number of halogens is 3. The Labute approximate surface area is 146 Å². The average molecular weight is 355 g/mol. The molecule has 130 valence electrons. The van der Waals surface area contributed by atoms with Crippen LogP contribution >= 0.6 is 0 Å². The van der Waals surface area contributed by atoms with Crippen molar-refractivity contribution in [2.24, 2.45) is 0 Å². The van der Waals surface area contributed by atoms with Crippen molar-refractivity contribution in [2.75, 3.05) is 5.32 Å². The van der Waals surface area contributed by atoms with Crippen LogP contribution in [0.15, 0.2) is 71.1 Å². The quantitative estimate of drug-likeness (QED) is 0.489. The third-order valence-electron chi connectivity index (χ3n) is 4.09. The third kappa shape index (κ3) is 2.90. The van der Waals surface area contributed by atoms with Crippen LogP contribution in [-0.4, -0.2) is 5.91 Å². The predicted octanol–water partition coefficient (Wildman–Crippen LogP) is 5.86. The molecule has 1 heterocycles. The fourth-order valence-corrected chi connectivity index (χ4v) is 2.84. The summed E-state index contributed by atoms with van der Waals surface area (Å²) < 4.78 is 44.1. The Morgan fingerprint density at radius 3 is 2.42 bits per heavy atom. The van der Waals surface area contributed by atoms with Crippen LogP contribution in [0.2, 0.25) is 0 Å². The Morgan fingerprint density at radius 2 is 1.62 bits per heavy atom. The van der Waals surface area contributed by atoms with Crippen LogP contribution < -0.4 is 5.32 Å². The van der Waals surface area contributed by atoms with E-state index in [1.807, 2.05) is 24.3 Å². The van der Waals surface area contributed by atoms with Crippen LogP contribution in [0.1, 0.15) is 15.9 Å². The second-order valence-electron chi connectivity index (χ2n) is 5.84. The summed E-state index contributed by atoms with van der Waals surface area (Å²) in [5.74, 6) is -0.608. The summed E-state index contributed by atoms with van der Waals surface area (Å²) in [6.07, 6.45) is -4.50. The van der Waals surface area contributed by atoms with E-state index < -0.39 is 17.6 Å². The van der Waals surface area contributed by atoms with E-state index in [9.17, 15) is 18.0 Å². The van der Waals surface area contributed by atoms with Crippen molar-refractivity contribution in [3.63, 3.8) is 0 Å². The molecule has 0 aliphatic heterocycles. The number of fused-ring (bicyclic) bond motifs is 3. The molecule has 1 N–H and O–H groups in total. The molecule has 6 heteroatoms. The van der Waals surface area contributed by atoms with Gasteiger partial charge in [-0.3, -0.25) is 4.79 Å². The van der Waals surface area contributed by atoms with Gasteiger partial charge in [0, 0.05) is 22.0 Å². The molecule has 0 bridgehead atoms. The van der Waals surface area contributed by atoms with Crippen LogP contribution in [0.25, 0.3) is 21.9 Å². The number of benzene rings is 3.